The Morgan fingerprint density at radius 1 is 0.259 bits per heavy atom. The summed E-state index contributed by atoms with van der Waals surface area (Å²) >= 11 is 0. The van der Waals surface area contributed by atoms with E-state index in [2.05, 4.69) is 117 Å². The molecule has 11 N–H and O–H groups in total. The van der Waals surface area contributed by atoms with Crippen LogP contribution in [0.2, 0.25) is 0 Å². The van der Waals surface area contributed by atoms with Crippen molar-refractivity contribution >= 4 is 93.9 Å². The van der Waals surface area contributed by atoms with Gasteiger partial charge < -0.3 is 193 Å². The lowest BCUT2D eigenvalue weighted by Crippen LogP contribution is -2.29. The van der Waals surface area contributed by atoms with Crippen molar-refractivity contribution < 1.29 is 252 Å². The van der Waals surface area contributed by atoms with Gasteiger partial charge in [0.1, 0.15) is 30.5 Å². The second-order valence-electron chi connectivity index (χ2n) is 18.7. The van der Waals surface area contributed by atoms with E-state index in [1.165, 1.54) is 27.8 Å². The molecule has 112 heavy (non-hydrogen) atoms. The van der Waals surface area contributed by atoms with Crippen LogP contribution in [0.25, 0.3) is 0 Å². The summed E-state index contributed by atoms with van der Waals surface area (Å²) < 4.78 is 246. The minimum absolute atomic E-state index is 0. The highest BCUT2D eigenvalue weighted by Crippen LogP contribution is 2.47. The fourth-order valence-electron chi connectivity index (χ4n) is 5.61. The van der Waals surface area contributed by atoms with Gasteiger partial charge in [-0.25, -0.2) is 4.57 Å². The van der Waals surface area contributed by atoms with Gasteiger partial charge in [0.05, 0.1) is 172 Å². The molecule has 0 saturated carbocycles. The van der Waals surface area contributed by atoms with E-state index < -0.39 is 217 Å². The number of hydrogen-bond donors (Lipinski definition) is 11. The van der Waals surface area contributed by atoms with Crippen LogP contribution in [0.15, 0.2) is 0 Å². The molecular weight excluding hydrogens is 1800 g/mol. The van der Waals surface area contributed by atoms with Crippen LogP contribution in [-0.4, -0.2) is 268 Å². The predicted molar refractivity (Wildman–Crippen MR) is 353 cm³/mol. The molecule has 0 aromatic heterocycles. The van der Waals surface area contributed by atoms with E-state index in [-0.39, 0.29) is 94.8 Å². The lowest BCUT2D eigenvalue weighted by atomic mass is 10.4. The highest BCUT2D eigenvalue weighted by molar-refractivity contribution is 7.48. The molecule has 0 amide bonds. The molecule has 0 saturated heterocycles. The van der Waals surface area contributed by atoms with Gasteiger partial charge in [-0.05, 0) is 56.0 Å². The fraction of sp³-hybridized carbons (Fsp3) is 1.00. The number of ether oxygens (including phenoxy) is 5. The Kier molecular flexibility index (Phi) is 73.4. The van der Waals surface area contributed by atoms with E-state index in [4.69, 9.17) is 53.3 Å². The van der Waals surface area contributed by atoms with Crippen molar-refractivity contribution in [3.63, 3.8) is 0 Å². The lowest BCUT2D eigenvalue weighted by molar-refractivity contribution is -0.240. The van der Waals surface area contributed by atoms with Crippen LogP contribution < -0.4 is 80.4 Å². The van der Waals surface area contributed by atoms with Crippen LogP contribution in [-0.2, 0) is 169 Å². The Hall–Kier alpha value is 0.880. The van der Waals surface area contributed by atoms with E-state index in [1.54, 1.807) is 28.2 Å². The van der Waals surface area contributed by atoms with Gasteiger partial charge in [-0.2, -0.15) is 0 Å². The molecule has 0 aromatic carbocycles. The molecule has 16 atom stereocenters. The molecule has 0 aliphatic carbocycles. The number of aliphatic hydroxyl groups is 1. The molecular formula is C41H100N5O54P12-11. The second-order valence-corrected chi connectivity index (χ2v) is 34.6. The molecule has 0 fully saturated rings. The van der Waals surface area contributed by atoms with Crippen molar-refractivity contribution in [1.82, 2.24) is 26.6 Å². The molecule has 71 heteroatoms. The van der Waals surface area contributed by atoms with Crippen molar-refractivity contribution in [3.05, 3.63) is 0 Å². The summed E-state index contributed by atoms with van der Waals surface area (Å²) in [5.74, 6) is 0. The van der Waals surface area contributed by atoms with E-state index in [0.29, 0.717) is 0 Å². The monoisotopic (exact) mass is 1900 g/mol. The van der Waals surface area contributed by atoms with Gasteiger partial charge in [0.2, 0.25) is 0 Å². The Morgan fingerprint density at radius 3 is 0.616 bits per heavy atom. The minimum atomic E-state index is -5.31. The normalized spacial score (nSPS) is 19.2. The van der Waals surface area contributed by atoms with Gasteiger partial charge in [-0.15, -0.1) is 0 Å². The summed E-state index contributed by atoms with van der Waals surface area (Å²) in [6.45, 7) is -8.83. The molecule has 0 rings (SSSR count). The first-order chi connectivity index (χ1) is 50.6. The van der Waals surface area contributed by atoms with Crippen LogP contribution in [0, 0.1) is 0 Å². The van der Waals surface area contributed by atoms with Gasteiger partial charge in [0, 0.05) is 0 Å². The van der Waals surface area contributed by atoms with Crippen molar-refractivity contribution in [2.45, 2.75) is 66.1 Å². The third kappa shape index (κ3) is 85.8. The first kappa shape index (κ1) is 124. The van der Waals surface area contributed by atoms with Crippen molar-refractivity contribution in [2.24, 2.45) is 0 Å². The molecule has 0 aliphatic heterocycles. The highest BCUT2D eigenvalue weighted by atomic mass is 31.2. The number of hydrogen-bond acceptors (Lipinski definition) is 54. The number of aliphatic hydroxyl groups excluding tert-OH is 1. The maximum absolute atomic E-state index is 11.8. The first-order valence-electron chi connectivity index (χ1n) is 30.0. The molecule has 0 radical (unpaired) electrons. The standard InChI is InChI=1S/C18H46N2O27P6.3C7H19NO9P2.2CH4/c1-19-15-35-12-17(11-21)47-53(33,34)44-10-9-42-51(29,30)40-6-5-38-49(25,26)37-3-4-39-50(27,28)41-7-8-43-52(31,32)45-14-18(13-36-16-20-2)46-48(22,23)24;3*1-3-15-19(12,13)16-5-7(4-14-6-8-2)17-18(9,10)11;;/h17-21H,3-16H2,1-2H3,(H,25,26)(H,27,28)(H,29,30)(H,31,32)(H,33,34)(H2,22,23,24);3*7-8H,3-6H2,1-2H3,(H,12,13)(H2,9,10,11);2*1H4/p-11. The SMILES string of the molecule is C.C.CCOP(=O)([O-])OCC(COCNC)OP(=O)(O)O.CCOP(=O)([O-])OCC(COCNC)OP(=O)([O-])O.CCOP(=O)([O-])OCC(COCNC)OP(=O)([O-])O.CNCOCC(COP(=O)([O-])OCCOP(=O)([O-])OCCOP(=O)([O-])OCCOP(=O)([O-])OCCOP(=O)([O-])OC(CO)COCNC)OP(=O)([O-])O. The molecule has 684 valence electrons. The molecule has 59 nitrogen and oxygen atoms in total. The predicted octanol–water partition coefficient (Wildman–Crippen LogP) is -7.37. The maximum atomic E-state index is 11.8. The highest BCUT2D eigenvalue weighted by Gasteiger charge is 2.27. The van der Waals surface area contributed by atoms with E-state index in [9.17, 15) is 109 Å². The van der Waals surface area contributed by atoms with Crippen molar-refractivity contribution in [3.8, 4) is 0 Å². The Bertz CT molecular complexity index is 2820. The summed E-state index contributed by atoms with van der Waals surface area (Å²) in [6, 6.07) is 0. The van der Waals surface area contributed by atoms with Crippen LogP contribution in [0.5, 0.6) is 0 Å². The summed E-state index contributed by atoms with van der Waals surface area (Å²) in [5, 5.41) is 22.1. The maximum Gasteiger partial charge on any atom is 0.470 e. The van der Waals surface area contributed by atoms with Crippen LogP contribution >= 0.6 is 93.9 Å². The molecule has 0 spiro atoms. The number of phosphoric ester groups is 12. The number of nitrogens with one attached hydrogen (secondary N) is 5. The average molecular weight is 1900 g/mol. The van der Waals surface area contributed by atoms with Gasteiger partial charge in [0.15, 0.2) is 0 Å². The van der Waals surface area contributed by atoms with E-state index >= 15 is 0 Å². The minimum Gasteiger partial charge on any atom is -0.756 e. The molecule has 0 aromatic rings. The smallest absolute Gasteiger partial charge is 0.470 e. The van der Waals surface area contributed by atoms with Gasteiger partial charge in [-0.3, -0.25) is 81.3 Å². The van der Waals surface area contributed by atoms with Crippen LogP contribution in [0.1, 0.15) is 35.6 Å². The molecule has 0 aliphatic rings. The van der Waals surface area contributed by atoms with E-state index in [1.807, 2.05) is 0 Å². The Balaban J connectivity index is -0.000000387. The molecule has 16 unspecified atom stereocenters. The zero-order valence-corrected chi connectivity index (χ0v) is 70.2. The summed E-state index contributed by atoms with van der Waals surface area (Å²) in [7, 11) is -51.6. The van der Waals surface area contributed by atoms with Gasteiger partial charge >= 0.3 is 7.82 Å². The largest absolute Gasteiger partial charge is 0.756 e. The second kappa shape index (κ2) is 66.4. The van der Waals surface area contributed by atoms with Gasteiger partial charge in [0.25, 0.3) is 86.0 Å². The molecule has 0 bridgehead atoms. The van der Waals surface area contributed by atoms with Crippen molar-refractivity contribution in [1.29, 1.82) is 0 Å². The topological polar surface area (TPSA) is 871 Å². The molecule has 0 heterocycles. The Morgan fingerprint density at radius 2 is 0.438 bits per heavy atom. The summed E-state index contributed by atoms with van der Waals surface area (Å²) in [5.41, 5.74) is 0. The number of rotatable bonds is 69. The zero-order chi connectivity index (χ0) is 85.5. The first-order valence-corrected chi connectivity index (χ1v) is 47.7. The summed E-state index contributed by atoms with van der Waals surface area (Å²) in [6.07, 6.45) is -6.81. The third-order valence-electron chi connectivity index (χ3n) is 9.23. The quantitative estimate of drug-likeness (QED) is 0.0153. The number of phosphoric acid groups is 12. The van der Waals surface area contributed by atoms with Crippen LogP contribution in [0.3, 0.4) is 0 Å². The van der Waals surface area contributed by atoms with E-state index in [0.717, 1.165) is 0 Å². The zero-order valence-electron chi connectivity index (χ0n) is 59.4. The van der Waals surface area contributed by atoms with Crippen molar-refractivity contribution in [2.75, 3.05) is 208 Å². The third-order valence-corrected chi connectivity index (χ3v) is 19.6. The fourth-order valence-corrected chi connectivity index (χ4v) is 13.4. The average Bonchev–Trinajstić information content (AvgIpc) is 0.815. The summed E-state index contributed by atoms with van der Waals surface area (Å²) in [4.78, 5) is 167. The van der Waals surface area contributed by atoms with Gasteiger partial charge in [-0.1, -0.05) is 14.9 Å². The van der Waals surface area contributed by atoms with Crippen LogP contribution in [0.4, 0.5) is 0 Å². The Labute approximate surface area is 644 Å². The lowest BCUT2D eigenvalue weighted by Gasteiger charge is -2.28.